The molecule has 8 heteroatoms. The zero-order valence-corrected chi connectivity index (χ0v) is 22.5. The van der Waals surface area contributed by atoms with Crippen molar-refractivity contribution in [3.05, 3.63) is 110 Å². The number of hydrogen-bond acceptors (Lipinski definition) is 5. The maximum atomic E-state index is 14.0. The molecule has 2 aliphatic rings. The van der Waals surface area contributed by atoms with Crippen LogP contribution in [0.25, 0.3) is 0 Å². The molecule has 0 saturated heterocycles. The third kappa shape index (κ3) is 5.45. The van der Waals surface area contributed by atoms with Crippen molar-refractivity contribution in [3.8, 4) is 0 Å². The van der Waals surface area contributed by atoms with Gasteiger partial charge in [-0.1, -0.05) is 67.8 Å². The highest BCUT2D eigenvalue weighted by atomic mass is 35.5. The van der Waals surface area contributed by atoms with E-state index >= 15 is 0 Å². The molecule has 7 nitrogen and oxygen atoms in total. The largest absolute Gasteiger partial charge is 0.357 e. The lowest BCUT2D eigenvalue weighted by Gasteiger charge is -2.35. The van der Waals surface area contributed by atoms with Crippen LogP contribution in [0.15, 0.2) is 84.1 Å². The minimum absolute atomic E-state index is 0.0641. The summed E-state index contributed by atoms with van der Waals surface area (Å²) >= 11 is 6.11. The van der Waals surface area contributed by atoms with Gasteiger partial charge in [-0.3, -0.25) is 24.6 Å². The van der Waals surface area contributed by atoms with Crippen LogP contribution in [0.1, 0.15) is 68.5 Å². The molecule has 200 valence electrons. The Morgan fingerprint density at radius 2 is 1.79 bits per heavy atom. The lowest BCUT2D eigenvalue weighted by atomic mass is 9.78. The third-order valence-electron chi connectivity index (χ3n) is 7.49. The van der Waals surface area contributed by atoms with E-state index in [1.807, 2.05) is 48.5 Å². The number of nitro benzene ring substituents is 1. The molecule has 3 aromatic rings. The first-order valence-electron chi connectivity index (χ1n) is 13.3. The van der Waals surface area contributed by atoms with E-state index < -0.39 is 11.0 Å². The number of ketones is 1. The molecule has 0 bridgehead atoms. The Balaban J connectivity index is 1.68. The van der Waals surface area contributed by atoms with Gasteiger partial charge in [0, 0.05) is 41.3 Å². The molecule has 0 spiro atoms. The van der Waals surface area contributed by atoms with E-state index in [1.54, 1.807) is 17.0 Å². The number of nitro groups is 1. The summed E-state index contributed by atoms with van der Waals surface area (Å²) in [6, 6.07) is 20.5. The number of amides is 1. The number of halogens is 1. The van der Waals surface area contributed by atoms with Crippen molar-refractivity contribution in [3.63, 3.8) is 0 Å². The number of nitrogens with one attached hydrogen (secondary N) is 1. The number of hydrogen-bond donors (Lipinski definition) is 1. The number of allylic oxidation sites excluding steroid dienone is 1. The van der Waals surface area contributed by atoms with Gasteiger partial charge >= 0.3 is 0 Å². The second-order valence-electron chi connectivity index (χ2n) is 10.1. The van der Waals surface area contributed by atoms with Crippen LogP contribution >= 0.6 is 11.6 Å². The van der Waals surface area contributed by atoms with Gasteiger partial charge in [0.1, 0.15) is 0 Å². The highest BCUT2D eigenvalue weighted by Gasteiger charge is 2.41. The second-order valence-corrected chi connectivity index (χ2v) is 10.5. The number of anilines is 2. The smallest absolute Gasteiger partial charge is 0.269 e. The predicted octanol–water partition coefficient (Wildman–Crippen LogP) is 7.73. The van der Waals surface area contributed by atoms with Gasteiger partial charge in [0.15, 0.2) is 5.78 Å². The number of para-hydroxylation sites is 2. The predicted molar refractivity (Wildman–Crippen MR) is 153 cm³/mol. The summed E-state index contributed by atoms with van der Waals surface area (Å²) in [6.07, 6.45) is 3.75. The van der Waals surface area contributed by atoms with Crippen molar-refractivity contribution in [2.24, 2.45) is 0 Å². The molecule has 1 N–H and O–H groups in total. The molecule has 1 amide bonds. The standard InChI is InChI=1S/C31H30ClN3O4/c1-2-3-4-12-29(37)34-27-11-6-5-10-25(27)33-26-18-22(20-13-15-23(32)16-14-20)19-28(36)30(26)31(34)21-8-7-9-24(17-21)35(38)39/h5-11,13-17,22,31,33H,2-4,12,18-19H2,1H3/t22-,31-/m0/s1. The Kier molecular flexibility index (Phi) is 7.79. The average Bonchev–Trinajstić information content (AvgIpc) is 3.08. The van der Waals surface area contributed by atoms with E-state index in [0.29, 0.717) is 34.7 Å². The average molecular weight is 544 g/mol. The van der Waals surface area contributed by atoms with E-state index in [0.717, 1.165) is 36.2 Å². The van der Waals surface area contributed by atoms with Gasteiger partial charge < -0.3 is 5.32 Å². The fourth-order valence-electron chi connectivity index (χ4n) is 5.61. The molecule has 0 radical (unpaired) electrons. The Bertz CT molecular complexity index is 1450. The van der Waals surface area contributed by atoms with Crippen LogP contribution < -0.4 is 10.2 Å². The number of carbonyl (C=O) groups is 2. The fourth-order valence-corrected chi connectivity index (χ4v) is 5.73. The number of fused-ring (bicyclic) bond motifs is 1. The van der Waals surface area contributed by atoms with E-state index in [1.165, 1.54) is 12.1 Å². The maximum Gasteiger partial charge on any atom is 0.269 e. The van der Waals surface area contributed by atoms with E-state index in [-0.39, 0.29) is 29.7 Å². The second kappa shape index (κ2) is 11.4. The topological polar surface area (TPSA) is 92.6 Å². The lowest BCUT2D eigenvalue weighted by Crippen LogP contribution is -2.38. The van der Waals surface area contributed by atoms with E-state index in [2.05, 4.69) is 12.2 Å². The zero-order chi connectivity index (χ0) is 27.5. The van der Waals surface area contributed by atoms with Crippen molar-refractivity contribution in [1.29, 1.82) is 0 Å². The molecule has 1 heterocycles. The first-order chi connectivity index (χ1) is 18.9. The molecule has 2 atom stereocenters. The molecule has 0 aromatic heterocycles. The van der Waals surface area contributed by atoms with Gasteiger partial charge in [0.2, 0.25) is 5.91 Å². The normalized spacial score (nSPS) is 18.6. The summed E-state index contributed by atoms with van der Waals surface area (Å²) in [6.45, 7) is 2.08. The molecule has 5 rings (SSSR count). The van der Waals surface area contributed by atoms with Gasteiger partial charge in [-0.05, 0) is 54.2 Å². The van der Waals surface area contributed by atoms with Crippen molar-refractivity contribution < 1.29 is 14.5 Å². The fraction of sp³-hybridized carbons (Fsp3) is 0.290. The minimum Gasteiger partial charge on any atom is -0.357 e. The molecular formula is C31H30ClN3O4. The van der Waals surface area contributed by atoms with Crippen LogP contribution in [0.5, 0.6) is 0 Å². The van der Waals surface area contributed by atoms with Crippen LogP contribution in [0.3, 0.4) is 0 Å². The van der Waals surface area contributed by atoms with E-state index in [9.17, 15) is 19.7 Å². The first-order valence-corrected chi connectivity index (χ1v) is 13.7. The Hall–Kier alpha value is -3.97. The van der Waals surface area contributed by atoms with E-state index in [4.69, 9.17) is 11.6 Å². The quantitative estimate of drug-likeness (QED) is 0.187. The van der Waals surface area contributed by atoms with Crippen molar-refractivity contribution in [1.82, 2.24) is 0 Å². The lowest BCUT2D eigenvalue weighted by molar-refractivity contribution is -0.384. The summed E-state index contributed by atoms with van der Waals surface area (Å²) in [7, 11) is 0. The van der Waals surface area contributed by atoms with Crippen molar-refractivity contribution in [2.45, 2.75) is 57.4 Å². The Labute approximate surface area is 232 Å². The summed E-state index contributed by atoms with van der Waals surface area (Å²) in [5.74, 6) is -0.263. The Morgan fingerprint density at radius 3 is 2.54 bits per heavy atom. The number of Topliss-reactive ketones (excluding diaryl/α,β-unsaturated/α-hetero) is 1. The molecule has 39 heavy (non-hydrogen) atoms. The number of nitrogens with zero attached hydrogens (tertiary/aromatic N) is 2. The van der Waals surface area contributed by atoms with Gasteiger partial charge in [0.25, 0.3) is 5.69 Å². The van der Waals surface area contributed by atoms with Crippen LogP contribution in [-0.2, 0) is 9.59 Å². The summed E-state index contributed by atoms with van der Waals surface area (Å²) in [5.41, 5.74) is 4.07. The summed E-state index contributed by atoms with van der Waals surface area (Å²) in [5, 5.41) is 15.8. The third-order valence-corrected chi connectivity index (χ3v) is 7.74. The molecule has 1 aliphatic carbocycles. The number of rotatable bonds is 7. The number of unbranched alkanes of at least 4 members (excludes halogenated alkanes) is 2. The molecule has 3 aromatic carbocycles. The summed E-state index contributed by atoms with van der Waals surface area (Å²) in [4.78, 5) is 40.8. The zero-order valence-electron chi connectivity index (χ0n) is 21.7. The van der Waals surface area contributed by atoms with Gasteiger partial charge in [-0.25, -0.2) is 0 Å². The molecule has 0 fully saturated rings. The van der Waals surface area contributed by atoms with Crippen LogP contribution in [0.2, 0.25) is 5.02 Å². The van der Waals surface area contributed by atoms with Crippen molar-refractivity contribution in [2.75, 3.05) is 10.2 Å². The Morgan fingerprint density at radius 1 is 1.03 bits per heavy atom. The van der Waals surface area contributed by atoms with Crippen molar-refractivity contribution >= 4 is 40.4 Å². The first kappa shape index (κ1) is 26.6. The minimum atomic E-state index is -0.788. The molecule has 1 aliphatic heterocycles. The van der Waals surface area contributed by atoms with Crippen LogP contribution in [-0.4, -0.2) is 16.6 Å². The number of non-ortho nitro benzene ring substituents is 1. The monoisotopic (exact) mass is 543 g/mol. The van der Waals surface area contributed by atoms with Crippen LogP contribution in [0.4, 0.5) is 17.1 Å². The van der Waals surface area contributed by atoms with Gasteiger partial charge in [-0.15, -0.1) is 0 Å². The molecule has 0 saturated carbocycles. The number of carbonyl (C=O) groups excluding carboxylic acids is 2. The highest BCUT2D eigenvalue weighted by molar-refractivity contribution is 6.30. The van der Waals surface area contributed by atoms with Gasteiger partial charge in [-0.2, -0.15) is 0 Å². The SMILES string of the molecule is CCCCCC(=O)N1c2ccccc2NC2=C(C(=O)C[C@@H](c3ccc(Cl)cc3)C2)[C@@H]1c1cccc([N+](=O)[O-])c1. The van der Waals surface area contributed by atoms with Gasteiger partial charge in [0.05, 0.1) is 22.3 Å². The molecule has 0 unspecified atom stereocenters. The summed E-state index contributed by atoms with van der Waals surface area (Å²) < 4.78 is 0. The highest BCUT2D eigenvalue weighted by Crippen LogP contribution is 2.48. The molecular weight excluding hydrogens is 514 g/mol. The number of benzene rings is 3. The van der Waals surface area contributed by atoms with Crippen LogP contribution in [0, 0.1) is 10.1 Å². The maximum absolute atomic E-state index is 14.0.